The molecule has 0 bridgehead atoms. The fourth-order valence-electron chi connectivity index (χ4n) is 2.78. The lowest BCUT2D eigenvalue weighted by atomic mass is 10.3. The molecular formula is C14H14ClN5O3. The Morgan fingerprint density at radius 3 is 2.65 bits per heavy atom. The van der Waals surface area contributed by atoms with Crippen LogP contribution in [0.15, 0.2) is 17.1 Å². The Labute approximate surface area is 135 Å². The normalized spacial score (nSPS) is 17.4. The van der Waals surface area contributed by atoms with E-state index < -0.39 is 16.2 Å². The Hall–Kier alpha value is -2.22. The van der Waals surface area contributed by atoms with Crippen LogP contribution >= 0.6 is 11.6 Å². The van der Waals surface area contributed by atoms with Crippen LogP contribution in [0.1, 0.15) is 49.3 Å². The molecule has 0 N–H and O–H groups in total. The maximum atomic E-state index is 12.2. The predicted octanol–water partition coefficient (Wildman–Crippen LogP) is 2.26. The summed E-state index contributed by atoms with van der Waals surface area (Å²) in [4.78, 5) is 22.5. The highest BCUT2D eigenvalue weighted by molar-refractivity contribution is 6.30. The summed E-state index contributed by atoms with van der Waals surface area (Å²) in [5, 5.41) is 19.6. The van der Waals surface area contributed by atoms with Crippen molar-refractivity contribution in [3.8, 4) is 0 Å². The maximum absolute atomic E-state index is 12.2. The van der Waals surface area contributed by atoms with Gasteiger partial charge in [-0.25, -0.2) is 0 Å². The molecule has 2 heterocycles. The quantitative estimate of drug-likeness (QED) is 0.616. The first-order valence-corrected chi connectivity index (χ1v) is 7.90. The van der Waals surface area contributed by atoms with Crippen LogP contribution in [0, 0.1) is 10.1 Å². The molecule has 2 fully saturated rings. The minimum Gasteiger partial charge on any atom is -0.310 e. The smallest absolute Gasteiger partial charge is 0.310 e. The third kappa shape index (κ3) is 2.63. The van der Waals surface area contributed by atoms with Crippen LogP contribution in [0.25, 0.3) is 0 Å². The van der Waals surface area contributed by atoms with Gasteiger partial charge in [0.2, 0.25) is 0 Å². The van der Waals surface area contributed by atoms with Gasteiger partial charge >= 0.3 is 11.2 Å². The van der Waals surface area contributed by atoms with Crippen LogP contribution in [0.2, 0.25) is 5.02 Å². The highest BCUT2D eigenvalue weighted by atomic mass is 35.5. The van der Waals surface area contributed by atoms with E-state index in [1.165, 1.54) is 10.8 Å². The summed E-state index contributed by atoms with van der Waals surface area (Å²) in [7, 11) is 0. The van der Waals surface area contributed by atoms with Crippen LogP contribution in [-0.2, 0) is 6.54 Å². The van der Waals surface area contributed by atoms with E-state index in [2.05, 4.69) is 14.8 Å². The molecule has 4 rings (SSSR count). The number of nitrogens with zero attached hydrogens (tertiary/aromatic N) is 5. The molecular weight excluding hydrogens is 322 g/mol. The molecule has 2 aliphatic carbocycles. The summed E-state index contributed by atoms with van der Waals surface area (Å²) >= 11 is 5.91. The van der Waals surface area contributed by atoms with Crippen LogP contribution in [0.4, 0.5) is 5.69 Å². The molecule has 2 aromatic heterocycles. The number of halogens is 1. The van der Waals surface area contributed by atoms with Gasteiger partial charge in [-0.2, -0.15) is 0 Å². The van der Waals surface area contributed by atoms with Gasteiger partial charge in [0.25, 0.3) is 0 Å². The SMILES string of the molecule is O=c1c([N+](=O)[O-])cc(Cl)cn1Cc1nnc(C2CC2)n1C1CC1. The average Bonchev–Trinajstić information content (AvgIpc) is 3.41. The summed E-state index contributed by atoms with van der Waals surface area (Å²) in [5.74, 6) is 2.10. The topological polar surface area (TPSA) is 95.8 Å². The van der Waals surface area contributed by atoms with E-state index in [4.69, 9.17) is 11.6 Å². The summed E-state index contributed by atoms with van der Waals surface area (Å²) < 4.78 is 3.34. The maximum Gasteiger partial charge on any atom is 0.335 e. The summed E-state index contributed by atoms with van der Waals surface area (Å²) in [6, 6.07) is 1.46. The highest BCUT2D eigenvalue weighted by Crippen LogP contribution is 2.44. The van der Waals surface area contributed by atoms with Crippen LogP contribution < -0.4 is 5.56 Å². The fourth-order valence-corrected chi connectivity index (χ4v) is 3.00. The van der Waals surface area contributed by atoms with Gasteiger partial charge in [-0.15, -0.1) is 10.2 Å². The summed E-state index contributed by atoms with van der Waals surface area (Å²) in [5.41, 5.74) is -1.21. The van der Waals surface area contributed by atoms with Gasteiger partial charge in [-0.05, 0) is 25.7 Å². The molecule has 0 atom stereocenters. The molecule has 2 aliphatic rings. The molecule has 2 saturated carbocycles. The van der Waals surface area contributed by atoms with Crippen LogP contribution in [-0.4, -0.2) is 24.3 Å². The van der Waals surface area contributed by atoms with Gasteiger partial charge < -0.3 is 9.13 Å². The Balaban J connectivity index is 1.74. The second-order valence-corrected chi connectivity index (χ2v) is 6.52. The monoisotopic (exact) mass is 335 g/mol. The lowest BCUT2D eigenvalue weighted by Gasteiger charge is -2.10. The second kappa shape index (κ2) is 5.16. The first-order chi connectivity index (χ1) is 11.0. The van der Waals surface area contributed by atoms with Crippen molar-refractivity contribution in [3.05, 3.63) is 49.4 Å². The Morgan fingerprint density at radius 1 is 1.30 bits per heavy atom. The van der Waals surface area contributed by atoms with E-state index >= 15 is 0 Å². The Morgan fingerprint density at radius 2 is 2.04 bits per heavy atom. The molecule has 0 spiro atoms. The third-order valence-corrected chi connectivity index (χ3v) is 4.40. The van der Waals surface area contributed by atoms with Crippen LogP contribution in [0.3, 0.4) is 0 Å². The minimum atomic E-state index is -0.716. The van der Waals surface area contributed by atoms with E-state index in [0.29, 0.717) is 17.8 Å². The van der Waals surface area contributed by atoms with Crippen LogP contribution in [0.5, 0.6) is 0 Å². The number of hydrogen-bond acceptors (Lipinski definition) is 5. The van der Waals surface area contributed by atoms with Gasteiger partial charge in [0.15, 0.2) is 5.82 Å². The number of nitro groups is 1. The average molecular weight is 336 g/mol. The highest BCUT2D eigenvalue weighted by Gasteiger charge is 2.36. The van der Waals surface area contributed by atoms with Crippen molar-refractivity contribution in [1.29, 1.82) is 0 Å². The zero-order chi connectivity index (χ0) is 16.1. The zero-order valence-electron chi connectivity index (χ0n) is 12.2. The molecule has 120 valence electrons. The molecule has 0 amide bonds. The van der Waals surface area contributed by atoms with E-state index in [9.17, 15) is 14.9 Å². The Bertz CT molecular complexity index is 851. The Kier molecular flexibility index (Phi) is 3.22. The van der Waals surface area contributed by atoms with Gasteiger partial charge in [0.05, 0.1) is 16.5 Å². The van der Waals surface area contributed by atoms with E-state index in [1.54, 1.807) is 0 Å². The molecule has 2 aromatic rings. The van der Waals surface area contributed by atoms with Gasteiger partial charge in [-0.1, -0.05) is 11.6 Å². The number of aromatic nitrogens is 4. The largest absolute Gasteiger partial charge is 0.335 e. The zero-order valence-corrected chi connectivity index (χ0v) is 12.9. The minimum absolute atomic E-state index is 0.135. The van der Waals surface area contributed by atoms with Gasteiger partial charge in [0.1, 0.15) is 5.82 Å². The fraction of sp³-hybridized carbons (Fsp3) is 0.500. The number of pyridine rings is 1. The van der Waals surface area contributed by atoms with Gasteiger partial charge in [0, 0.05) is 24.2 Å². The van der Waals surface area contributed by atoms with E-state index in [0.717, 1.165) is 37.6 Å². The number of hydrogen-bond donors (Lipinski definition) is 0. The molecule has 0 saturated heterocycles. The van der Waals surface area contributed by atoms with Crippen molar-refractivity contribution in [1.82, 2.24) is 19.3 Å². The molecule has 0 aliphatic heterocycles. The molecule has 0 aromatic carbocycles. The molecule has 23 heavy (non-hydrogen) atoms. The second-order valence-electron chi connectivity index (χ2n) is 6.08. The third-order valence-electron chi connectivity index (χ3n) is 4.19. The van der Waals surface area contributed by atoms with Crippen molar-refractivity contribution in [2.24, 2.45) is 0 Å². The molecule has 0 radical (unpaired) electrons. The van der Waals surface area contributed by atoms with Crippen molar-refractivity contribution in [3.63, 3.8) is 0 Å². The van der Waals surface area contributed by atoms with Crippen molar-refractivity contribution in [2.75, 3.05) is 0 Å². The first-order valence-electron chi connectivity index (χ1n) is 7.52. The van der Waals surface area contributed by atoms with Crippen molar-refractivity contribution >= 4 is 17.3 Å². The number of rotatable bonds is 5. The lowest BCUT2D eigenvalue weighted by molar-refractivity contribution is -0.386. The summed E-state index contributed by atoms with van der Waals surface area (Å²) in [6.07, 6.45) is 5.80. The predicted molar refractivity (Wildman–Crippen MR) is 81.7 cm³/mol. The van der Waals surface area contributed by atoms with E-state index in [-0.39, 0.29) is 11.6 Å². The first kappa shape index (κ1) is 14.4. The lowest BCUT2D eigenvalue weighted by Crippen LogP contribution is -2.24. The molecule has 8 nitrogen and oxygen atoms in total. The molecule has 9 heteroatoms. The van der Waals surface area contributed by atoms with Gasteiger partial charge in [-0.3, -0.25) is 14.9 Å². The van der Waals surface area contributed by atoms with Crippen molar-refractivity contribution < 1.29 is 4.92 Å². The standard InChI is InChI=1S/C14H14ClN5O3/c15-9-5-11(20(22)23)14(21)18(6-9)7-12-16-17-13(8-1-2-8)19(12)10-3-4-10/h5-6,8,10H,1-4,7H2. The van der Waals surface area contributed by atoms with E-state index in [1.807, 2.05) is 0 Å². The summed E-state index contributed by atoms with van der Waals surface area (Å²) in [6.45, 7) is 0.135. The van der Waals surface area contributed by atoms with Crippen molar-refractivity contribution in [2.45, 2.75) is 44.2 Å². The molecule has 0 unspecified atom stereocenters.